The van der Waals surface area contributed by atoms with Gasteiger partial charge in [0.25, 0.3) is 0 Å². The fourth-order valence-electron chi connectivity index (χ4n) is 3.15. The van der Waals surface area contributed by atoms with Crippen molar-refractivity contribution in [2.75, 3.05) is 6.61 Å². The van der Waals surface area contributed by atoms with E-state index in [4.69, 9.17) is 26.8 Å². The summed E-state index contributed by atoms with van der Waals surface area (Å²) in [4.78, 5) is 25.0. The number of halogens is 1. The zero-order valence-corrected chi connectivity index (χ0v) is 14.1. The highest BCUT2D eigenvalue weighted by molar-refractivity contribution is 6.30. The Labute approximate surface area is 145 Å². The molecule has 1 heterocycles. The molecule has 2 aliphatic rings. The summed E-state index contributed by atoms with van der Waals surface area (Å²) in [5.41, 5.74) is 7.44. The van der Waals surface area contributed by atoms with Crippen molar-refractivity contribution in [3.8, 4) is 0 Å². The van der Waals surface area contributed by atoms with E-state index in [9.17, 15) is 9.59 Å². The topological polar surface area (TPSA) is 78.6 Å². The summed E-state index contributed by atoms with van der Waals surface area (Å²) in [5, 5.41) is 0.574. The van der Waals surface area contributed by atoms with Gasteiger partial charge in [-0.1, -0.05) is 23.7 Å². The molecule has 1 atom stereocenters. The summed E-state index contributed by atoms with van der Waals surface area (Å²) < 4.78 is 10.7. The largest absolute Gasteiger partial charge is 0.462 e. The molecule has 0 amide bonds. The Morgan fingerprint density at radius 1 is 1.33 bits per heavy atom. The minimum absolute atomic E-state index is 0.00171. The number of ether oxygens (including phenoxy) is 2. The van der Waals surface area contributed by atoms with Crippen LogP contribution in [0.2, 0.25) is 5.02 Å². The van der Waals surface area contributed by atoms with Gasteiger partial charge in [0, 0.05) is 23.4 Å². The Kier molecular flexibility index (Phi) is 4.62. The van der Waals surface area contributed by atoms with Gasteiger partial charge >= 0.3 is 5.97 Å². The molecule has 1 aromatic carbocycles. The lowest BCUT2D eigenvalue weighted by molar-refractivity contribution is -0.139. The molecule has 1 unspecified atom stereocenters. The van der Waals surface area contributed by atoms with Gasteiger partial charge in [0.15, 0.2) is 5.78 Å². The Balaban J connectivity index is 2.15. The van der Waals surface area contributed by atoms with Gasteiger partial charge in [-0.3, -0.25) is 4.79 Å². The number of benzene rings is 1. The van der Waals surface area contributed by atoms with E-state index < -0.39 is 11.9 Å². The van der Waals surface area contributed by atoms with Crippen molar-refractivity contribution in [2.24, 2.45) is 5.73 Å². The van der Waals surface area contributed by atoms with Crippen LogP contribution in [0.3, 0.4) is 0 Å². The van der Waals surface area contributed by atoms with Crippen LogP contribution in [-0.2, 0) is 19.1 Å². The first-order valence-electron chi connectivity index (χ1n) is 7.89. The third-order valence-electron chi connectivity index (χ3n) is 4.18. The Hall–Kier alpha value is -2.27. The lowest BCUT2D eigenvalue weighted by Crippen LogP contribution is -2.31. The summed E-state index contributed by atoms with van der Waals surface area (Å²) in [6, 6.07) is 7.02. The Morgan fingerprint density at radius 2 is 2.04 bits per heavy atom. The quantitative estimate of drug-likeness (QED) is 0.849. The molecule has 0 saturated heterocycles. The van der Waals surface area contributed by atoms with Gasteiger partial charge < -0.3 is 15.2 Å². The van der Waals surface area contributed by atoms with Crippen molar-refractivity contribution >= 4 is 23.4 Å². The predicted octanol–water partition coefficient (Wildman–Crippen LogP) is 3.19. The van der Waals surface area contributed by atoms with Crippen molar-refractivity contribution in [1.82, 2.24) is 0 Å². The van der Waals surface area contributed by atoms with Crippen LogP contribution in [0.15, 0.2) is 47.1 Å². The second kappa shape index (κ2) is 6.69. The SMILES string of the molecule is CCOC(=O)C1=C(N)OC2=C(C(=O)CCC2)C1c1ccc(Cl)cc1. The van der Waals surface area contributed by atoms with Gasteiger partial charge in [-0.25, -0.2) is 4.79 Å². The van der Waals surface area contributed by atoms with E-state index in [0.29, 0.717) is 35.6 Å². The standard InChI is InChI=1S/C18H18ClNO4/c1-2-23-18(22)16-14(10-6-8-11(19)9-7-10)15-12(21)4-3-5-13(15)24-17(16)20/h6-9,14H,2-5,20H2,1H3. The van der Waals surface area contributed by atoms with Crippen LogP contribution in [0.1, 0.15) is 37.7 Å². The monoisotopic (exact) mass is 347 g/mol. The molecule has 0 radical (unpaired) electrons. The fourth-order valence-corrected chi connectivity index (χ4v) is 3.28. The molecule has 6 heteroatoms. The zero-order chi connectivity index (χ0) is 17.3. The number of carbonyl (C=O) groups excluding carboxylic acids is 2. The van der Waals surface area contributed by atoms with Crippen LogP contribution in [0.5, 0.6) is 0 Å². The molecule has 1 aliphatic carbocycles. The molecule has 1 aliphatic heterocycles. The molecule has 0 saturated carbocycles. The number of rotatable bonds is 3. The molecule has 1 aromatic rings. The highest BCUT2D eigenvalue weighted by Crippen LogP contribution is 2.44. The molecule has 0 fully saturated rings. The van der Waals surface area contributed by atoms with E-state index in [1.807, 2.05) is 0 Å². The maximum atomic E-state index is 12.5. The smallest absolute Gasteiger partial charge is 0.340 e. The number of esters is 1. The van der Waals surface area contributed by atoms with E-state index in [2.05, 4.69) is 0 Å². The van der Waals surface area contributed by atoms with Crippen molar-refractivity contribution in [3.63, 3.8) is 0 Å². The van der Waals surface area contributed by atoms with E-state index in [-0.39, 0.29) is 23.8 Å². The third-order valence-corrected chi connectivity index (χ3v) is 4.44. The third kappa shape index (κ3) is 2.91. The van der Waals surface area contributed by atoms with E-state index >= 15 is 0 Å². The normalized spacial score (nSPS) is 20.6. The molecule has 0 spiro atoms. The van der Waals surface area contributed by atoms with Crippen molar-refractivity contribution in [3.05, 3.63) is 57.6 Å². The lowest BCUT2D eigenvalue weighted by atomic mass is 9.77. The first-order valence-corrected chi connectivity index (χ1v) is 8.27. The highest BCUT2D eigenvalue weighted by atomic mass is 35.5. The number of hydrogen-bond acceptors (Lipinski definition) is 5. The number of nitrogens with two attached hydrogens (primary N) is 1. The molecule has 126 valence electrons. The second-order valence-electron chi connectivity index (χ2n) is 5.70. The minimum Gasteiger partial charge on any atom is -0.462 e. The summed E-state index contributed by atoms with van der Waals surface area (Å²) >= 11 is 5.96. The molecule has 5 nitrogen and oxygen atoms in total. The first-order chi connectivity index (χ1) is 11.5. The highest BCUT2D eigenvalue weighted by Gasteiger charge is 2.41. The molecule has 0 aromatic heterocycles. The predicted molar refractivity (Wildman–Crippen MR) is 89.0 cm³/mol. The van der Waals surface area contributed by atoms with E-state index in [1.54, 1.807) is 31.2 Å². The Bertz CT molecular complexity index is 749. The van der Waals surface area contributed by atoms with Crippen molar-refractivity contribution in [1.29, 1.82) is 0 Å². The average molecular weight is 348 g/mol. The first kappa shape index (κ1) is 16.6. The number of hydrogen-bond donors (Lipinski definition) is 1. The van der Waals surface area contributed by atoms with Crippen LogP contribution in [-0.4, -0.2) is 18.4 Å². The van der Waals surface area contributed by atoms with Crippen LogP contribution >= 0.6 is 11.6 Å². The van der Waals surface area contributed by atoms with Gasteiger partial charge in [0.05, 0.1) is 12.5 Å². The molecular weight excluding hydrogens is 330 g/mol. The maximum Gasteiger partial charge on any atom is 0.340 e. The zero-order valence-electron chi connectivity index (χ0n) is 13.3. The number of allylic oxidation sites excluding steroid dienone is 2. The minimum atomic E-state index is -0.585. The number of Topliss-reactive ketones (excluding diaryl/α,β-unsaturated/α-hetero) is 1. The van der Waals surface area contributed by atoms with Gasteiger partial charge in [0.1, 0.15) is 11.3 Å². The molecule has 24 heavy (non-hydrogen) atoms. The van der Waals surface area contributed by atoms with E-state index in [0.717, 1.165) is 5.56 Å². The summed E-state index contributed by atoms with van der Waals surface area (Å²) in [7, 11) is 0. The summed E-state index contributed by atoms with van der Waals surface area (Å²) in [5.74, 6) is -0.623. The number of ketones is 1. The van der Waals surface area contributed by atoms with Gasteiger partial charge in [0.2, 0.25) is 5.88 Å². The fraction of sp³-hybridized carbons (Fsp3) is 0.333. The van der Waals surface area contributed by atoms with Crippen LogP contribution in [0.4, 0.5) is 0 Å². The second-order valence-corrected chi connectivity index (χ2v) is 6.14. The summed E-state index contributed by atoms with van der Waals surface area (Å²) in [6.45, 7) is 1.93. The average Bonchev–Trinajstić information content (AvgIpc) is 2.55. The molecule has 2 N–H and O–H groups in total. The van der Waals surface area contributed by atoms with Gasteiger partial charge in [-0.2, -0.15) is 0 Å². The van der Waals surface area contributed by atoms with Crippen LogP contribution in [0.25, 0.3) is 0 Å². The molecule has 0 bridgehead atoms. The molecule has 3 rings (SSSR count). The maximum absolute atomic E-state index is 12.5. The van der Waals surface area contributed by atoms with E-state index in [1.165, 1.54) is 0 Å². The number of carbonyl (C=O) groups is 2. The van der Waals surface area contributed by atoms with Crippen molar-refractivity contribution in [2.45, 2.75) is 32.1 Å². The van der Waals surface area contributed by atoms with Gasteiger partial charge in [-0.15, -0.1) is 0 Å². The lowest BCUT2D eigenvalue weighted by Gasteiger charge is -2.32. The van der Waals surface area contributed by atoms with Crippen LogP contribution in [0, 0.1) is 0 Å². The summed E-state index contributed by atoms with van der Waals surface area (Å²) in [6.07, 6.45) is 1.78. The van der Waals surface area contributed by atoms with Crippen LogP contribution < -0.4 is 5.73 Å². The molecular formula is C18H18ClNO4. The Morgan fingerprint density at radius 3 is 2.71 bits per heavy atom. The van der Waals surface area contributed by atoms with Crippen molar-refractivity contribution < 1.29 is 19.1 Å². The van der Waals surface area contributed by atoms with Gasteiger partial charge in [-0.05, 0) is 31.0 Å².